The van der Waals surface area contributed by atoms with Gasteiger partial charge in [0, 0.05) is 0 Å². The number of amides is 1. The molecule has 1 atom stereocenters. The highest BCUT2D eigenvalue weighted by Gasteiger charge is 1.90. The molecule has 0 unspecified atom stereocenters. The lowest BCUT2D eigenvalue weighted by Crippen LogP contribution is -2.24. The second-order valence-corrected chi connectivity index (χ2v) is 1.21. The Morgan fingerprint density at radius 1 is 1.57 bits per heavy atom. The van der Waals surface area contributed by atoms with Crippen LogP contribution < -0.4 is 5.32 Å². The standard InChI is InChI=1S/C4H7NO2/c1-4(2-6)5-3-7/h2-4H,1H3,(H,5,7)/t4-/m0/s1. The third-order valence-electron chi connectivity index (χ3n) is 0.535. The molecule has 0 aromatic carbocycles. The van der Waals surface area contributed by atoms with E-state index >= 15 is 0 Å². The number of hydrogen-bond donors (Lipinski definition) is 1. The van der Waals surface area contributed by atoms with E-state index in [1.165, 1.54) is 0 Å². The van der Waals surface area contributed by atoms with E-state index in [0.717, 1.165) is 0 Å². The van der Waals surface area contributed by atoms with Crippen LogP contribution in [0.1, 0.15) is 6.92 Å². The summed E-state index contributed by atoms with van der Waals surface area (Å²) in [6, 6.07) is -0.350. The van der Waals surface area contributed by atoms with Gasteiger partial charge in [-0.15, -0.1) is 0 Å². The lowest BCUT2D eigenvalue weighted by atomic mass is 10.4. The van der Waals surface area contributed by atoms with Crippen LogP contribution >= 0.6 is 0 Å². The zero-order valence-electron chi connectivity index (χ0n) is 4.05. The predicted molar refractivity (Wildman–Crippen MR) is 24.7 cm³/mol. The van der Waals surface area contributed by atoms with Gasteiger partial charge in [0.15, 0.2) is 0 Å². The van der Waals surface area contributed by atoms with Crippen LogP contribution in [-0.2, 0) is 9.59 Å². The van der Waals surface area contributed by atoms with Gasteiger partial charge in [0.1, 0.15) is 6.29 Å². The van der Waals surface area contributed by atoms with Gasteiger partial charge in [0.25, 0.3) is 0 Å². The van der Waals surface area contributed by atoms with Gasteiger partial charge in [0.2, 0.25) is 6.41 Å². The number of carbonyl (C=O) groups is 2. The maximum absolute atomic E-state index is 9.67. The zero-order chi connectivity index (χ0) is 5.70. The lowest BCUT2D eigenvalue weighted by Gasteiger charge is -1.95. The summed E-state index contributed by atoms with van der Waals surface area (Å²) < 4.78 is 0. The van der Waals surface area contributed by atoms with Gasteiger partial charge in [-0.25, -0.2) is 0 Å². The molecule has 0 bridgehead atoms. The Labute approximate surface area is 41.7 Å². The summed E-state index contributed by atoms with van der Waals surface area (Å²) in [5.74, 6) is 0. The molecule has 0 fully saturated rings. The highest BCUT2D eigenvalue weighted by molar-refractivity contribution is 5.62. The average Bonchev–Trinajstić information content (AvgIpc) is 1.68. The first-order chi connectivity index (χ1) is 3.31. The van der Waals surface area contributed by atoms with Crippen LogP contribution in [0.25, 0.3) is 0 Å². The van der Waals surface area contributed by atoms with Crippen LogP contribution in [0.3, 0.4) is 0 Å². The molecular weight excluding hydrogens is 94.0 g/mol. The van der Waals surface area contributed by atoms with Crippen molar-refractivity contribution in [2.75, 3.05) is 0 Å². The predicted octanol–water partition coefficient (Wildman–Crippen LogP) is -0.680. The highest BCUT2D eigenvalue weighted by atomic mass is 16.1. The first kappa shape index (κ1) is 6.14. The van der Waals surface area contributed by atoms with Crippen LogP contribution in [0, 0.1) is 0 Å². The molecular formula is C4H7NO2. The van der Waals surface area contributed by atoms with Gasteiger partial charge in [0.05, 0.1) is 6.04 Å². The molecule has 0 aliphatic carbocycles. The molecule has 0 aliphatic heterocycles. The molecule has 0 heterocycles. The topological polar surface area (TPSA) is 46.2 Å². The van der Waals surface area contributed by atoms with Gasteiger partial charge in [-0.3, -0.25) is 4.79 Å². The molecule has 0 saturated heterocycles. The van der Waals surface area contributed by atoms with E-state index < -0.39 is 0 Å². The summed E-state index contributed by atoms with van der Waals surface area (Å²) in [4.78, 5) is 19.2. The molecule has 7 heavy (non-hydrogen) atoms. The summed E-state index contributed by atoms with van der Waals surface area (Å²) >= 11 is 0. The minimum Gasteiger partial charge on any atom is -0.349 e. The Balaban J connectivity index is 3.15. The fourth-order valence-electron chi connectivity index (χ4n) is 0.147. The monoisotopic (exact) mass is 101 g/mol. The van der Waals surface area contributed by atoms with Crippen molar-refractivity contribution in [1.82, 2.24) is 5.32 Å². The summed E-state index contributed by atoms with van der Waals surface area (Å²) in [5, 5.41) is 2.25. The van der Waals surface area contributed by atoms with Crippen LogP contribution in [0.15, 0.2) is 0 Å². The molecule has 0 aromatic heterocycles. The number of rotatable bonds is 3. The largest absolute Gasteiger partial charge is 0.349 e. The van der Waals surface area contributed by atoms with Crippen LogP contribution in [-0.4, -0.2) is 18.7 Å². The van der Waals surface area contributed by atoms with Crippen molar-refractivity contribution >= 4 is 12.7 Å². The van der Waals surface area contributed by atoms with E-state index in [-0.39, 0.29) is 6.04 Å². The van der Waals surface area contributed by atoms with E-state index in [1.807, 2.05) is 0 Å². The molecule has 1 amide bonds. The van der Waals surface area contributed by atoms with E-state index in [0.29, 0.717) is 12.7 Å². The smallest absolute Gasteiger partial charge is 0.207 e. The summed E-state index contributed by atoms with van der Waals surface area (Å²) in [6.45, 7) is 1.60. The van der Waals surface area contributed by atoms with Gasteiger partial charge >= 0.3 is 0 Å². The highest BCUT2D eigenvalue weighted by Crippen LogP contribution is 1.65. The SMILES string of the molecule is C[C@@H](C=O)NC=O. The Hall–Kier alpha value is -0.860. The summed E-state index contributed by atoms with van der Waals surface area (Å²) in [5.41, 5.74) is 0. The molecule has 1 N–H and O–H groups in total. The van der Waals surface area contributed by atoms with Crippen LogP contribution in [0.4, 0.5) is 0 Å². The molecule has 0 saturated carbocycles. The van der Waals surface area contributed by atoms with Crippen molar-refractivity contribution in [3.05, 3.63) is 0 Å². The maximum atomic E-state index is 9.67. The molecule has 0 aromatic rings. The Morgan fingerprint density at radius 2 is 2.14 bits per heavy atom. The second-order valence-electron chi connectivity index (χ2n) is 1.21. The molecule has 0 rings (SSSR count). The zero-order valence-corrected chi connectivity index (χ0v) is 4.05. The number of carbonyl (C=O) groups excluding carboxylic acids is 2. The number of hydrogen-bond acceptors (Lipinski definition) is 2. The fraction of sp³-hybridized carbons (Fsp3) is 0.500. The van der Waals surface area contributed by atoms with E-state index in [4.69, 9.17) is 0 Å². The van der Waals surface area contributed by atoms with Crippen molar-refractivity contribution in [3.8, 4) is 0 Å². The third kappa shape index (κ3) is 2.96. The van der Waals surface area contributed by atoms with Crippen molar-refractivity contribution in [1.29, 1.82) is 0 Å². The first-order valence-electron chi connectivity index (χ1n) is 1.96. The maximum Gasteiger partial charge on any atom is 0.207 e. The van der Waals surface area contributed by atoms with E-state index in [2.05, 4.69) is 5.32 Å². The van der Waals surface area contributed by atoms with Gasteiger partial charge < -0.3 is 10.1 Å². The normalized spacial score (nSPS) is 12.1. The molecule has 0 spiro atoms. The van der Waals surface area contributed by atoms with Gasteiger partial charge in [-0.05, 0) is 6.92 Å². The first-order valence-corrected chi connectivity index (χ1v) is 1.96. The van der Waals surface area contributed by atoms with Crippen molar-refractivity contribution < 1.29 is 9.59 Å². The number of nitrogens with one attached hydrogen (secondary N) is 1. The Morgan fingerprint density at radius 3 is 2.29 bits per heavy atom. The molecule has 0 aliphatic rings. The minimum atomic E-state index is -0.350. The molecule has 3 heteroatoms. The summed E-state index contributed by atoms with van der Waals surface area (Å²) in [7, 11) is 0. The van der Waals surface area contributed by atoms with Crippen molar-refractivity contribution in [2.45, 2.75) is 13.0 Å². The number of aldehydes is 1. The third-order valence-corrected chi connectivity index (χ3v) is 0.535. The fourth-order valence-corrected chi connectivity index (χ4v) is 0.147. The molecule has 3 nitrogen and oxygen atoms in total. The van der Waals surface area contributed by atoms with Crippen LogP contribution in [0.5, 0.6) is 0 Å². The molecule has 40 valence electrons. The molecule has 0 radical (unpaired) electrons. The van der Waals surface area contributed by atoms with Crippen molar-refractivity contribution in [2.24, 2.45) is 0 Å². The second kappa shape index (κ2) is 3.33. The van der Waals surface area contributed by atoms with Crippen molar-refractivity contribution in [3.63, 3.8) is 0 Å². The van der Waals surface area contributed by atoms with Gasteiger partial charge in [-0.1, -0.05) is 0 Å². The van der Waals surface area contributed by atoms with E-state index in [9.17, 15) is 9.59 Å². The van der Waals surface area contributed by atoms with Gasteiger partial charge in [-0.2, -0.15) is 0 Å². The Kier molecular flexibility index (Phi) is 2.92. The Bertz CT molecular complexity index is 72.1. The van der Waals surface area contributed by atoms with E-state index in [1.54, 1.807) is 6.92 Å². The minimum absolute atomic E-state index is 0.350. The quantitative estimate of drug-likeness (QED) is 0.479. The summed E-state index contributed by atoms with van der Waals surface area (Å²) in [6.07, 6.45) is 1.16. The lowest BCUT2D eigenvalue weighted by molar-refractivity contribution is -0.114. The van der Waals surface area contributed by atoms with Crippen LogP contribution in [0.2, 0.25) is 0 Å². The average molecular weight is 101 g/mol.